The van der Waals surface area contributed by atoms with Gasteiger partial charge in [0.2, 0.25) is 0 Å². The molecule has 0 aliphatic carbocycles. The van der Waals surface area contributed by atoms with Crippen molar-refractivity contribution in [2.75, 3.05) is 26.2 Å². The van der Waals surface area contributed by atoms with E-state index in [1.54, 1.807) is 11.0 Å². The standard InChI is InChI=1S/C21H30FN3O3/c1-5-24(6-2)15-9-10-25(13-15)20(27)19(26)23-17-12-21(3,4)28-18-8-7-14(22)11-16(17)18/h7-8,11,15,17H,5-6,9-10,12-13H2,1-4H3,(H,23,26). The summed E-state index contributed by atoms with van der Waals surface area (Å²) in [7, 11) is 0. The molecular weight excluding hydrogens is 361 g/mol. The first-order valence-electron chi connectivity index (χ1n) is 10.1. The van der Waals surface area contributed by atoms with E-state index in [1.165, 1.54) is 12.1 Å². The lowest BCUT2D eigenvalue weighted by Crippen LogP contribution is -2.47. The molecule has 2 amide bonds. The van der Waals surface area contributed by atoms with Crippen LogP contribution in [0.3, 0.4) is 0 Å². The average Bonchev–Trinajstić information content (AvgIpc) is 3.12. The molecule has 0 spiro atoms. The Bertz CT molecular complexity index is 748. The zero-order valence-corrected chi connectivity index (χ0v) is 17.1. The summed E-state index contributed by atoms with van der Waals surface area (Å²) in [6, 6.07) is 4.10. The molecule has 1 saturated heterocycles. The Morgan fingerprint density at radius 1 is 1.32 bits per heavy atom. The van der Waals surface area contributed by atoms with E-state index in [0.29, 0.717) is 36.9 Å². The SMILES string of the molecule is CCN(CC)C1CCN(C(=O)C(=O)NC2CC(C)(C)Oc3ccc(F)cc32)C1. The minimum atomic E-state index is -0.641. The lowest BCUT2D eigenvalue weighted by atomic mass is 9.89. The van der Waals surface area contributed by atoms with Gasteiger partial charge in [0.05, 0.1) is 6.04 Å². The lowest BCUT2D eigenvalue weighted by molar-refractivity contribution is -0.146. The van der Waals surface area contributed by atoms with Gasteiger partial charge in [0.15, 0.2) is 0 Å². The van der Waals surface area contributed by atoms with Crippen molar-refractivity contribution in [3.63, 3.8) is 0 Å². The van der Waals surface area contributed by atoms with Gasteiger partial charge >= 0.3 is 11.8 Å². The second-order valence-electron chi connectivity index (χ2n) is 8.19. The van der Waals surface area contributed by atoms with Crippen LogP contribution in [0.1, 0.15) is 52.1 Å². The number of rotatable bonds is 4. The highest BCUT2D eigenvalue weighted by atomic mass is 19.1. The van der Waals surface area contributed by atoms with Gasteiger partial charge in [0, 0.05) is 31.1 Å². The highest BCUT2D eigenvalue weighted by Gasteiger charge is 2.37. The molecule has 0 bridgehead atoms. The predicted octanol–water partition coefficient (Wildman–Crippen LogP) is 2.49. The van der Waals surface area contributed by atoms with Crippen LogP contribution in [0.5, 0.6) is 5.75 Å². The van der Waals surface area contributed by atoms with E-state index in [-0.39, 0.29) is 0 Å². The summed E-state index contributed by atoms with van der Waals surface area (Å²) in [5, 5.41) is 2.82. The van der Waals surface area contributed by atoms with E-state index < -0.39 is 29.3 Å². The Hall–Kier alpha value is -2.15. The Morgan fingerprint density at radius 3 is 2.71 bits per heavy atom. The molecule has 6 nitrogen and oxygen atoms in total. The largest absolute Gasteiger partial charge is 0.487 e. The molecule has 0 radical (unpaired) electrons. The van der Waals surface area contributed by atoms with Gasteiger partial charge in [0.25, 0.3) is 0 Å². The zero-order valence-electron chi connectivity index (χ0n) is 17.1. The molecule has 1 aromatic rings. The molecule has 7 heteroatoms. The summed E-state index contributed by atoms with van der Waals surface area (Å²) in [6.45, 7) is 11.0. The number of hydrogen-bond acceptors (Lipinski definition) is 4. The summed E-state index contributed by atoms with van der Waals surface area (Å²) >= 11 is 0. The normalized spacial score (nSPS) is 23.3. The molecule has 1 fully saturated rings. The van der Waals surface area contributed by atoms with E-state index in [2.05, 4.69) is 24.1 Å². The van der Waals surface area contributed by atoms with Crippen molar-refractivity contribution in [1.82, 2.24) is 15.1 Å². The molecule has 2 heterocycles. The minimum Gasteiger partial charge on any atom is -0.487 e. The first-order valence-corrected chi connectivity index (χ1v) is 10.1. The number of halogens is 1. The van der Waals surface area contributed by atoms with Crippen molar-refractivity contribution >= 4 is 11.8 Å². The third-order valence-electron chi connectivity index (χ3n) is 5.71. The van der Waals surface area contributed by atoms with Gasteiger partial charge < -0.3 is 15.0 Å². The van der Waals surface area contributed by atoms with E-state index in [0.717, 1.165) is 19.5 Å². The minimum absolute atomic E-state index is 0.295. The molecule has 3 rings (SSSR count). The van der Waals surface area contributed by atoms with Crippen molar-refractivity contribution in [2.45, 2.75) is 58.2 Å². The summed E-state index contributed by atoms with van der Waals surface area (Å²) in [4.78, 5) is 29.3. The van der Waals surface area contributed by atoms with Gasteiger partial charge in [-0.2, -0.15) is 0 Å². The predicted molar refractivity (Wildman–Crippen MR) is 105 cm³/mol. The molecular formula is C21H30FN3O3. The highest BCUT2D eigenvalue weighted by Crippen LogP contribution is 2.39. The number of nitrogens with one attached hydrogen (secondary N) is 1. The van der Waals surface area contributed by atoms with Crippen molar-refractivity contribution in [2.24, 2.45) is 0 Å². The van der Waals surface area contributed by atoms with Gasteiger partial charge in [-0.1, -0.05) is 13.8 Å². The van der Waals surface area contributed by atoms with Gasteiger partial charge in [-0.25, -0.2) is 4.39 Å². The second-order valence-corrected chi connectivity index (χ2v) is 8.19. The van der Waals surface area contributed by atoms with Crippen LogP contribution in [-0.4, -0.2) is 59.4 Å². The van der Waals surface area contributed by atoms with Crippen LogP contribution in [0.25, 0.3) is 0 Å². The maximum atomic E-state index is 13.7. The number of ether oxygens (including phenoxy) is 1. The Kier molecular flexibility index (Phi) is 5.93. The fourth-order valence-electron chi connectivity index (χ4n) is 4.28. The van der Waals surface area contributed by atoms with Gasteiger partial charge in [0.1, 0.15) is 17.2 Å². The summed E-state index contributed by atoms with van der Waals surface area (Å²) in [5.41, 5.74) is 0.0516. The van der Waals surface area contributed by atoms with E-state index >= 15 is 0 Å². The molecule has 2 aliphatic rings. The Labute approximate surface area is 166 Å². The molecule has 28 heavy (non-hydrogen) atoms. The van der Waals surface area contributed by atoms with Gasteiger partial charge in [-0.15, -0.1) is 0 Å². The Morgan fingerprint density at radius 2 is 2.04 bits per heavy atom. The fraction of sp³-hybridized carbons (Fsp3) is 0.619. The quantitative estimate of drug-likeness (QED) is 0.801. The maximum Gasteiger partial charge on any atom is 0.311 e. The van der Waals surface area contributed by atoms with Crippen molar-refractivity contribution in [1.29, 1.82) is 0 Å². The number of amides is 2. The highest BCUT2D eigenvalue weighted by molar-refractivity contribution is 6.35. The zero-order chi connectivity index (χ0) is 20.5. The average molecular weight is 391 g/mol. The van der Waals surface area contributed by atoms with Crippen LogP contribution in [0.4, 0.5) is 4.39 Å². The number of hydrogen-bond donors (Lipinski definition) is 1. The fourth-order valence-corrected chi connectivity index (χ4v) is 4.28. The Balaban J connectivity index is 1.69. The summed E-state index contributed by atoms with van der Waals surface area (Å²) < 4.78 is 19.6. The number of likely N-dealkylation sites (N-methyl/N-ethyl adjacent to an activating group) is 1. The van der Waals surface area contributed by atoms with Crippen LogP contribution < -0.4 is 10.1 Å². The van der Waals surface area contributed by atoms with Crippen LogP contribution in [0.2, 0.25) is 0 Å². The molecule has 1 aromatic carbocycles. The number of carbonyl (C=O) groups excluding carboxylic acids is 2. The van der Waals surface area contributed by atoms with E-state index in [4.69, 9.17) is 4.74 Å². The summed E-state index contributed by atoms with van der Waals surface area (Å²) in [6.07, 6.45) is 1.34. The van der Waals surface area contributed by atoms with Crippen molar-refractivity contribution in [3.05, 3.63) is 29.6 Å². The van der Waals surface area contributed by atoms with Crippen LogP contribution in [0.15, 0.2) is 18.2 Å². The summed E-state index contributed by atoms with van der Waals surface area (Å²) in [5.74, 6) is -1.01. The number of carbonyl (C=O) groups is 2. The molecule has 2 aliphatic heterocycles. The molecule has 1 N–H and O–H groups in total. The molecule has 2 unspecified atom stereocenters. The van der Waals surface area contributed by atoms with E-state index in [1.807, 2.05) is 13.8 Å². The van der Waals surface area contributed by atoms with Crippen molar-refractivity contribution < 1.29 is 18.7 Å². The first kappa shape index (κ1) is 20.6. The number of nitrogens with zero attached hydrogens (tertiary/aromatic N) is 2. The van der Waals surface area contributed by atoms with Crippen molar-refractivity contribution in [3.8, 4) is 5.75 Å². The van der Waals surface area contributed by atoms with E-state index in [9.17, 15) is 14.0 Å². The third-order valence-corrected chi connectivity index (χ3v) is 5.71. The monoisotopic (exact) mass is 391 g/mol. The maximum absolute atomic E-state index is 13.7. The lowest BCUT2D eigenvalue weighted by Gasteiger charge is -2.38. The first-order chi connectivity index (χ1) is 13.2. The second kappa shape index (κ2) is 8.07. The van der Waals surface area contributed by atoms with Gasteiger partial charge in [-0.05, 0) is 51.6 Å². The topological polar surface area (TPSA) is 61.9 Å². The molecule has 0 aromatic heterocycles. The molecule has 2 atom stereocenters. The number of likely N-dealkylation sites (tertiary alicyclic amines) is 1. The van der Waals surface area contributed by atoms with Crippen LogP contribution in [-0.2, 0) is 9.59 Å². The molecule has 154 valence electrons. The smallest absolute Gasteiger partial charge is 0.311 e. The number of fused-ring (bicyclic) bond motifs is 1. The molecule has 0 saturated carbocycles. The van der Waals surface area contributed by atoms with Gasteiger partial charge in [-0.3, -0.25) is 14.5 Å². The third kappa shape index (κ3) is 4.29. The van der Waals surface area contributed by atoms with Crippen LogP contribution in [0, 0.1) is 5.82 Å². The van der Waals surface area contributed by atoms with Crippen LogP contribution >= 0.6 is 0 Å². The number of benzene rings is 1.